The molecule has 1 heterocycles. The number of ether oxygens (including phenoxy) is 1. The highest BCUT2D eigenvalue weighted by Crippen LogP contribution is 2.30. The molecule has 0 spiro atoms. The minimum atomic E-state index is 0.611. The van der Waals surface area contributed by atoms with E-state index in [0.29, 0.717) is 11.6 Å². The van der Waals surface area contributed by atoms with Crippen LogP contribution in [0.4, 0.5) is 5.69 Å². The highest BCUT2D eigenvalue weighted by atomic mass is 16.5. The van der Waals surface area contributed by atoms with E-state index < -0.39 is 0 Å². The molecule has 0 saturated carbocycles. The van der Waals surface area contributed by atoms with E-state index in [1.165, 1.54) is 5.56 Å². The van der Waals surface area contributed by atoms with E-state index >= 15 is 0 Å². The van der Waals surface area contributed by atoms with E-state index in [1.807, 2.05) is 32.2 Å². The van der Waals surface area contributed by atoms with Gasteiger partial charge in [0.05, 0.1) is 5.69 Å². The zero-order valence-electron chi connectivity index (χ0n) is 11.1. The van der Waals surface area contributed by atoms with Crippen LogP contribution >= 0.6 is 0 Å². The van der Waals surface area contributed by atoms with Crippen molar-refractivity contribution in [3.8, 4) is 11.6 Å². The Bertz CT molecular complexity index is 546. The first-order valence-electron chi connectivity index (χ1n) is 6.23. The second-order valence-electron chi connectivity index (χ2n) is 4.25. The van der Waals surface area contributed by atoms with Crippen molar-refractivity contribution in [2.24, 2.45) is 7.05 Å². The fourth-order valence-corrected chi connectivity index (χ4v) is 1.90. The molecule has 2 aromatic rings. The normalized spacial score (nSPS) is 10.6. The van der Waals surface area contributed by atoms with Crippen LogP contribution in [0.3, 0.4) is 0 Å². The lowest BCUT2D eigenvalue weighted by molar-refractivity contribution is 0.432. The Kier molecular flexibility index (Phi) is 3.55. The van der Waals surface area contributed by atoms with Crippen LogP contribution in [0.2, 0.25) is 0 Å². The Morgan fingerprint density at radius 2 is 2.06 bits per heavy atom. The van der Waals surface area contributed by atoms with E-state index in [-0.39, 0.29) is 0 Å². The molecule has 1 aromatic carbocycles. The zero-order valence-corrected chi connectivity index (χ0v) is 11.1. The lowest BCUT2D eigenvalue weighted by Gasteiger charge is -2.07. The van der Waals surface area contributed by atoms with Gasteiger partial charge in [-0.05, 0) is 30.5 Å². The summed E-state index contributed by atoms with van der Waals surface area (Å²) in [6.07, 6.45) is 1.79. The molecule has 4 heteroatoms. The summed E-state index contributed by atoms with van der Waals surface area (Å²) in [6, 6.07) is 8.02. The van der Waals surface area contributed by atoms with E-state index in [4.69, 9.17) is 10.5 Å². The molecule has 0 unspecified atom stereocenters. The van der Waals surface area contributed by atoms with Gasteiger partial charge >= 0.3 is 0 Å². The average Bonchev–Trinajstić information content (AvgIpc) is 2.66. The van der Waals surface area contributed by atoms with Gasteiger partial charge in [-0.15, -0.1) is 0 Å². The largest absolute Gasteiger partial charge is 0.437 e. The Morgan fingerprint density at radius 1 is 1.28 bits per heavy atom. The molecule has 2 rings (SSSR count). The maximum atomic E-state index is 6.02. The molecule has 0 aliphatic rings. The predicted octanol–water partition coefficient (Wildman–Crippen LogP) is 2.92. The molecule has 0 aliphatic heterocycles. The second kappa shape index (κ2) is 5.12. The number of nitrogens with two attached hydrogens (primary N) is 1. The Labute approximate surface area is 107 Å². The van der Waals surface area contributed by atoms with Gasteiger partial charge in [-0.2, -0.15) is 5.10 Å². The molecule has 0 radical (unpaired) electrons. The van der Waals surface area contributed by atoms with Crippen molar-refractivity contribution in [3.05, 3.63) is 35.5 Å². The summed E-state index contributed by atoms with van der Waals surface area (Å²) >= 11 is 0. The molecule has 96 valence electrons. The van der Waals surface area contributed by atoms with Crippen molar-refractivity contribution < 1.29 is 4.74 Å². The van der Waals surface area contributed by atoms with E-state index in [2.05, 4.69) is 18.1 Å². The van der Waals surface area contributed by atoms with Gasteiger partial charge in [-0.3, -0.25) is 0 Å². The summed E-state index contributed by atoms with van der Waals surface area (Å²) in [6.45, 7) is 4.15. The van der Waals surface area contributed by atoms with Gasteiger partial charge in [0.1, 0.15) is 11.4 Å². The lowest BCUT2D eigenvalue weighted by atomic mass is 10.2. The number of rotatable bonds is 4. The second-order valence-corrected chi connectivity index (χ2v) is 4.25. The van der Waals surface area contributed by atoms with Crippen LogP contribution in [0.1, 0.15) is 25.1 Å². The molecule has 0 fully saturated rings. The smallest absolute Gasteiger partial charge is 0.241 e. The van der Waals surface area contributed by atoms with E-state index in [1.54, 1.807) is 4.68 Å². The average molecular weight is 245 g/mol. The number of aryl methyl sites for hydroxylation is 3. The lowest BCUT2D eigenvalue weighted by Crippen LogP contribution is -1.97. The van der Waals surface area contributed by atoms with Crippen LogP contribution in [0.25, 0.3) is 0 Å². The molecular formula is C14H19N3O. The summed E-state index contributed by atoms with van der Waals surface area (Å²) in [7, 11) is 1.84. The van der Waals surface area contributed by atoms with Crippen LogP contribution in [0, 0.1) is 0 Å². The first-order valence-corrected chi connectivity index (χ1v) is 6.23. The van der Waals surface area contributed by atoms with Crippen molar-refractivity contribution in [2.75, 3.05) is 5.73 Å². The van der Waals surface area contributed by atoms with Crippen LogP contribution in [0.15, 0.2) is 24.3 Å². The van der Waals surface area contributed by atoms with Gasteiger partial charge in [-0.1, -0.05) is 26.0 Å². The molecule has 1 aromatic heterocycles. The minimum Gasteiger partial charge on any atom is -0.437 e. The van der Waals surface area contributed by atoms with Crippen molar-refractivity contribution in [2.45, 2.75) is 26.7 Å². The molecule has 18 heavy (non-hydrogen) atoms. The summed E-state index contributed by atoms with van der Waals surface area (Å²) < 4.78 is 7.53. The number of aromatic nitrogens is 2. The van der Waals surface area contributed by atoms with Crippen molar-refractivity contribution in [1.82, 2.24) is 9.78 Å². The third-order valence-corrected chi connectivity index (χ3v) is 2.96. The third-order valence-electron chi connectivity index (χ3n) is 2.96. The minimum absolute atomic E-state index is 0.611. The summed E-state index contributed by atoms with van der Waals surface area (Å²) in [5, 5.41) is 4.33. The number of hydrogen-bond donors (Lipinski definition) is 1. The molecule has 0 bridgehead atoms. The highest BCUT2D eigenvalue weighted by Gasteiger charge is 2.13. The van der Waals surface area contributed by atoms with Crippen molar-refractivity contribution in [1.29, 1.82) is 0 Å². The monoisotopic (exact) mass is 245 g/mol. The summed E-state index contributed by atoms with van der Waals surface area (Å²) in [5.74, 6) is 1.41. The maximum Gasteiger partial charge on any atom is 0.241 e. The molecule has 0 saturated heterocycles. The van der Waals surface area contributed by atoms with Gasteiger partial charge in [0.15, 0.2) is 0 Å². The SMILES string of the molecule is CCc1cccc(Oc2c(N)c(CC)nn2C)c1. The maximum absolute atomic E-state index is 6.02. The predicted molar refractivity (Wildman–Crippen MR) is 72.9 cm³/mol. The van der Waals surface area contributed by atoms with Crippen molar-refractivity contribution in [3.63, 3.8) is 0 Å². The van der Waals surface area contributed by atoms with Crippen LogP contribution in [0.5, 0.6) is 11.6 Å². The fraction of sp³-hybridized carbons (Fsp3) is 0.357. The number of anilines is 1. The molecule has 0 aliphatic carbocycles. The number of nitrogens with zero attached hydrogens (tertiary/aromatic N) is 2. The first-order chi connectivity index (χ1) is 8.65. The topological polar surface area (TPSA) is 53.1 Å². The Morgan fingerprint density at radius 3 is 2.67 bits per heavy atom. The van der Waals surface area contributed by atoms with Gasteiger partial charge in [0, 0.05) is 7.05 Å². The third kappa shape index (κ3) is 2.32. The molecule has 0 atom stereocenters. The molecular weight excluding hydrogens is 226 g/mol. The number of nitrogen functional groups attached to an aromatic ring is 1. The Hall–Kier alpha value is -1.97. The number of hydrogen-bond acceptors (Lipinski definition) is 3. The van der Waals surface area contributed by atoms with Crippen LogP contribution < -0.4 is 10.5 Å². The standard InChI is InChI=1S/C14H19N3O/c1-4-10-7-6-8-11(9-10)18-14-13(15)12(5-2)16-17(14)3/h6-9H,4-5,15H2,1-3H3. The van der Waals surface area contributed by atoms with E-state index in [0.717, 1.165) is 24.3 Å². The summed E-state index contributed by atoms with van der Waals surface area (Å²) in [4.78, 5) is 0. The zero-order chi connectivity index (χ0) is 13.1. The van der Waals surface area contributed by atoms with Gasteiger partial charge in [0.25, 0.3) is 0 Å². The van der Waals surface area contributed by atoms with Crippen LogP contribution in [-0.4, -0.2) is 9.78 Å². The Balaban J connectivity index is 2.30. The highest BCUT2D eigenvalue weighted by molar-refractivity contribution is 5.54. The quantitative estimate of drug-likeness (QED) is 0.901. The molecule has 0 amide bonds. The van der Waals surface area contributed by atoms with Gasteiger partial charge in [0.2, 0.25) is 5.88 Å². The molecule has 4 nitrogen and oxygen atoms in total. The summed E-state index contributed by atoms with van der Waals surface area (Å²) in [5.41, 5.74) is 8.77. The van der Waals surface area contributed by atoms with Crippen LogP contribution in [-0.2, 0) is 19.9 Å². The van der Waals surface area contributed by atoms with Gasteiger partial charge < -0.3 is 10.5 Å². The first kappa shape index (κ1) is 12.5. The van der Waals surface area contributed by atoms with Gasteiger partial charge in [-0.25, -0.2) is 4.68 Å². The molecule has 2 N–H and O–H groups in total. The van der Waals surface area contributed by atoms with E-state index in [9.17, 15) is 0 Å². The van der Waals surface area contributed by atoms with Crippen molar-refractivity contribution >= 4 is 5.69 Å². The number of benzene rings is 1. The fourth-order valence-electron chi connectivity index (χ4n) is 1.90.